The number of urea groups is 1. The van der Waals surface area contributed by atoms with Crippen molar-refractivity contribution in [3.8, 4) is 22.4 Å². The second-order valence-corrected chi connectivity index (χ2v) is 8.30. The molecule has 0 unspecified atom stereocenters. The van der Waals surface area contributed by atoms with Gasteiger partial charge in [-0.3, -0.25) is 10.2 Å². The fraction of sp³-hybridized carbons (Fsp3) is 0.0526. The van der Waals surface area contributed by atoms with Crippen LogP contribution in [0.3, 0.4) is 0 Å². The van der Waals surface area contributed by atoms with E-state index in [1.54, 1.807) is 6.07 Å². The van der Waals surface area contributed by atoms with Crippen molar-refractivity contribution in [3.05, 3.63) is 71.1 Å². The molecule has 0 saturated heterocycles. The first-order valence-corrected chi connectivity index (χ1v) is 10.3. The molecule has 8 nitrogen and oxygen atoms in total. The first-order chi connectivity index (χ1) is 14.1. The average molecular weight is 451 g/mol. The molecule has 30 heavy (non-hydrogen) atoms. The van der Waals surface area contributed by atoms with E-state index in [0.29, 0.717) is 33.0 Å². The minimum atomic E-state index is -3.87. The van der Waals surface area contributed by atoms with Gasteiger partial charge in [-0.2, -0.15) is 0 Å². The summed E-state index contributed by atoms with van der Waals surface area (Å²) in [4.78, 5) is 15.4. The number of primary amides is 1. The van der Waals surface area contributed by atoms with Crippen molar-refractivity contribution in [2.24, 2.45) is 10.9 Å². The van der Waals surface area contributed by atoms with E-state index in [0.717, 1.165) is 0 Å². The number of nitrogens with zero attached hydrogens (tertiary/aromatic N) is 2. The number of hydroxylamine groups is 2. The molecule has 0 radical (unpaired) electrons. The second-order valence-electron chi connectivity index (χ2n) is 6.33. The lowest BCUT2D eigenvalue weighted by Gasteiger charge is -2.15. The fourth-order valence-corrected chi connectivity index (χ4v) is 3.46. The van der Waals surface area contributed by atoms with Crippen molar-refractivity contribution in [1.29, 1.82) is 0 Å². The fourth-order valence-electron chi connectivity index (χ4n) is 2.76. The Bertz CT molecular complexity index is 1220. The van der Waals surface area contributed by atoms with Gasteiger partial charge in [-0.05, 0) is 47.5 Å². The van der Waals surface area contributed by atoms with E-state index in [1.165, 1.54) is 48.7 Å². The predicted molar refractivity (Wildman–Crippen MR) is 108 cm³/mol. The highest BCUT2D eigenvalue weighted by Gasteiger charge is 2.15. The Morgan fingerprint density at radius 2 is 1.77 bits per heavy atom. The Kier molecular flexibility index (Phi) is 6.04. The molecule has 0 aliphatic carbocycles. The van der Waals surface area contributed by atoms with Crippen molar-refractivity contribution < 1.29 is 22.8 Å². The quantitative estimate of drug-likeness (QED) is 0.404. The number of primary sulfonamides is 1. The van der Waals surface area contributed by atoms with E-state index in [2.05, 4.69) is 4.98 Å². The van der Waals surface area contributed by atoms with Crippen molar-refractivity contribution in [2.75, 3.05) is 0 Å². The highest BCUT2D eigenvalue weighted by Crippen LogP contribution is 2.33. The summed E-state index contributed by atoms with van der Waals surface area (Å²) in [5.74, 6) is -0.589. The Morgan fingerprint density at radius 1 is 1.13 bits per heavy atom. The number of aromatic nitrogens is 1. The van der Waals surface area contributed by atoms with Gasteiger partial charge in [-0.1, -0.05) is 23.7 Å². The van der Waals surface area contributed by atoms with Gasteiger partial charge in [-0.15, -0.1) is 0 Å². The highest BCUT2D eigenvalue weighted by molar-refractivity contribution is 7.89. The molecule has 3 aromatic rings. The molecule has 156 valence electrons. The zero-order chi connectivity index (χ0) is 22.1. The summed E-state index contributed by atoms with van der Waals surface area (Å²) < 4.78 is 36.6. The van der Waals surface area contributed by atoms with Crippen LogP contribution < -0.4 is 10.9 Å². The number of benzene rings is 2. The first kappa shape index (κ1) is 21.7. The number of halogens is 2. The Balaban J connectivity index is 2.14. The van der Waals surface area contributed by atoms with Gasteiger partial charge >= 0.3 is 6.03 Å². The van der Waals surface area contributed by atoms with Gasteiger partial charge in [0.05, 0.1) is 22.2 Å². The lowest BCUT2D eigenvalue weighted by atomic mass is 9.98. The number of nitrogens with two attached hydrogens (primary N) is 2. The molecule has 0 saturated carbocycles. The van der Waals surface area contributed by atoms with Crippen LogP contribution in [0.4, 0.5) is 9.18 Å². The van der Waals surface area contributed by atoms with Crippen LogP contribution in [-0.2, 0) is 16.6 Å². The number of amides is 2. The standard InChI is InChI=1S/C19H16ClFN4O4S/c20-16-8-13(3-6-17(16)21)18-15(7-11(9-24-18)10-25(27)19(22)26)12-1-4-14(5-2-12)30(23,28)29/h1-9,27H,10H2,(H2,22,26)(H2,23,28,29). The van der Waals surface area contributed by atoms with E-state index in [1.807, 2.05) is 0 Å². The molecule has 0 aliphatic heterocycles. The number of rotatable bonds is 5. The van der Waals surface area contributed by atoms with Crippen LogP contribution in [0.1, 0.15) is 5.56 Å². The third-order valence-electron chi connectivity index (χ3n) is 4.22. The monoisotopic (exact) mass is 450 g/mol. The lowest BCUT2D eigenvalue weighted by Crippen LogP contribution is -2.32. The summed E-state index contributed by atoms with van der Waals surface area (Å²) in [6, 6.07) is 10.4. The van der Waals surface area contributed by atoms with Crippen molar-refractivity contribution in [2.45, 2.75) is 11.4 Å². The Hall–Kier alpha value is -3.05. The minimum Gasteiger partial charge on any atom is -0.350 e. The zero-order valence-corrected chi connectivity index (χ0v) is 16.9. The topological polar surface area (TPSA) is 140 Å². The molecule has 2 amide bonds. The van der Waals surface area contributed by atoms with Crippen LogP contribution in [0.2, 0.25) is 5.02 Å². The summed E-state index contributed by atoms with van der Waals surface area (Å²) in [6.07, 6.45) is 1.42. The van der Waals surface area contributed by atoms with E-state index in [-0.39, 0.29) is 16.5 Å². The molecule has 11 heteroatoms. The molecule has 0 fully saturated rings. The SMILES string of the molecule is NC(=O)N(O)Cc1cnc(-c2ccc(F)c(Cl)c2)c(-c2ccc(S(N)(=O)=O)cc2)c1. The van der Waals surface area contributed by atoms with Crippen molar-refractivity contribution >= 4 is 27.7 Å². The van der Waals surface area contributed by atoms with Crippen molar-refractivity contribution in [3.63, 3.8) is 0 Å². The third kappa shape index (κ3) is 4.74. The van der Waals surface area contributed by atoms with Gasteiger partial charge in [-0.25, -0.2) is 27.8 Å². The Morgan fingerprint density at radius 3 is 2.33 bits per heavy atom. The molecule has 5 N–H and O–H groups in total. The normalized spacial score (nSPS) is 11.3. The molecule has 2 aromatic carbocycles. The maximum atomic E-state index is 13.6. The van der Waals surface area contributed by atoms with Crippen LogP contribution in [-0.4, -0.2) is 29.7 Å². The molecular weight excluding hydrogens is 435 g/mol. The van der Waals surface area contributed by atoms with E-state index >= 15 is 0 Å². The number of carbonyl (C=O) groups is 1. The molecule has 3 rings (SSSR count). The maximum absolute atomic E-state index is 13.6. The third-order valence-corrected chi connectivity index (χ3v) is 5.44. The van der Waals surface area contributed by atoms with E-state index in [9.17, 15) is 22.8 Å². The van der Waals surface area contributed by atoms with Crippen LogP contribution in [0.5, 0.6) is 0 Å². The van der Waals surface area contributed by atoms with Gasteiger partial charge in [0.2, 0.25) is 10.0 Å². The van der Waals surface area contributed by atoms with Gasteiger partial charge in [0, 0.05) is 17.3 Å². The van der Waals surface area contributed by atoms with Gasteiger partial charge < -0.3 is 5.73 Å². The van der Waals surface area contributed by atoms with Crippen LogP contribution in [0, 0.1) is 5.82 Å². The largest absolute Gasteiger partial charge is 0.350 e. The zero-order valence-electron chi connectivity index (χ0n) is 15.3. The van der Waals surface area contributed by atoms with Crippen LogP contribution >= 0.6 is 11.6 Å². The van der Waals surface area contributed by atoms with Gasteiger partial charge in [0.15, 0.2) is 0 Å². The van der Waals surface area contributed by atoms with E-state index < -0.39 is 21.9 Å². The van der Waals surface area contributed by atoms with Crippen molar-refractivity contribution in [1.82, 2.24) is 10.0 Å². The highest BCUT2D eigenvalue weighted by atomic mass is 35.5. The molecule has 0 atom stereocenters. The van der Waals surface area contributed by atoms with Gasteiger partial charge in [0.25, 0.3) is 0 Å². The van der Waals surface area contributed by atoms with Gasteiger partial charge in [0.1, 0.15) is 5.82 Å². The summed E-state index contributed by atoms with van der Waals surface area (Å²) in [7, 11) is -3.87. The molecular formula is C19H16ClFN4O4S. The predicted octanol–water partition coefficient (Wildman–Crippen LogP) is 3.13. The molecule has 0 aliphatic rings. The summed E-state index contributed by atoms with van der Waals surface area (Å²) in [5, 5.41) is 15.0. The first-order valence-electron chi connectivity index (χ1n) is 8.39. The Labute approximate surface area is 176 Å². The molecule has 1 heterocycles. The lowest BCUT2D eigenvalue weighted by molar-refractivity contribution is -0.0471. The van der Waals surface area contributed by atoms with Crippen LogP contribution in [0.15, 0.2) is 59.6 Å². The summed E-state index contributed by atoms with van der Waals surface area (Å²) in [6.45, 7) is -0.227. The maximum Gasteiger partial charge on any atom is 0.338 e. The smallest absolute Gasteiger partial charge is 0.338 e. The molecule has 1 aromatic heterocycles. The average Bonchev–Trinajstić information content (AvgIpc) is 2.69. The number of pyridine rings is 1. The number of hydrogen-bond donors (Lipinski definition) is 3. The van der Waals surface area contributed by atoms with Crippen LogP contribution in [0.25, 0.3) is 22.4 Å². The number of hydrogen-bond acceptors (Lipinski definition) is 5. The minimum absolute atomic E-state index is 0.0722. The number of carbonyl (C=O) groups excluding carboxylic acids is 1. The molecule has 0 bridgehead atoms. The van der Waals surface area contributed by atoms with E-state index in [4.69, 9.17) is 22.5 Å². The number of sulfonamides is 1. The second kappa shape index (κ2) is 8.36. The molecule has 0 spiro atoms. The summed E-state index contributed by atoms with van der Waals surface area (Å²) in [5.41, 5.74) is 7.50. The summed E-state index contributed by atoms with van der Waals surface area (Å²) >= 11 is 5.89.